The highest BCUT2D eigenvalue weighted by atomic mass is 32.2. The number of aromatic nitrogens is 2. The zero-order valence-corrected chi connectivity index (χ0v) is 25.0. The molecule has 0 saturated carbocycles. The number of anilines is 2. The van der Waals surface area contributed by atoms with E-state index < -0.39 is 27.6 Å². The van der Waals surface area contributed by atoms with Crippen molar-refractivity contribution in [2.24, 2.45) is 0 Å². The molecule has 2 aromatic carbocycles. The third-order valence-electron chi connectivity index (χ3n) is 6.39. The zero-order valence-electron chi connectivity index (χ0n) is 24.2. The number of carbonyl (C=O) groups excluding carboxylic acids is 2. The molecule has 5 rings (SSSR count). The van der Waals surface area contributed by atoms with E-state index in [1.54, 1.807) is 62.1 Å². The van der Waals surface area contributed by atoms with Gasteiger partial charge in [-0.05, 0) is 57.9 Å². The minimum Gasteiger partial charge on any atom is -0.491 e. The molecule has 0 saturated heterocycles. The first-order valence-electron chi connectivity index (χ1n) is 13.6. The molecule has 0 spiro atoms. The summed E-state index contributed by atoms with van der Waals surface area (Å²) < 4.78 is 39.3. The fourth-order valence-corrected chi connectivity index (χ4v) is 5.43. The summed E-state index contributed by atoms with van der Waals surface area (Å²) >= 11 is 0. The van der Waals surface area contributed by atoms with Crippen molar-refractivity contribution >= 4 is 33.5 Å². The number of nitrogens with zero attached hydrogens (tertiary/aromatic N) is 4. The first-order chi connectivity index (χ1) is 19.8. The summed E-state index contributed by atoms with van der Waals surface area (Å²) in [6, 6.07) is 13.1. The molecule has 224 valence electrons. The Morgan fingerprint density at radius 3 is 2.45 bits per heavy atom. The number of nitrogens with one attached hydrogen (secondary N) is 1. The topological polar surface area (TPSA) is 157 Å². The molecule has 0 unspecified atom stereocenters. The quantitative estimate of drug-likeness (QED) is 0.391. The van der Waals surface area contributed by atoms with Crippen LogP contribution in [0.25, 0.3) is 11.3 Å². The van der Waals surface area contributed by atoms with Crippen LogP contribution in [0, 0.1) is 0 Å². The molecule has 13 heteroatoms. The zero-order chi connectivity index (χ0) is 30.5. The number of rotatable bonds is 0. The number of benzene rings is 2. The number of sulfonamides is 1. The Hall–Kier alpha value is -4.23. The van der Waals surface area contributed by atoms with Crippen LogP contribution in [0.5, 0.6) is 5.75 Å². The van der Waals surface area contributed by atoms with Gasteiger partial charge in [0, 0.05) is 32.2 Å². The Labute approximate surface area is 245 Å². The normalized spacial score (nSPS) is 16.9. The summed E-state index contributed by atoms with van der Waals surface area (Å²) in [5.74, 6) is -0.206. The van der Waals surface area contributed by atoms with Gasteiger partial charge in [0.1, 0.15) is 11.4 Å². The highest BCUT2D eigenvalue weighted by Crippen LogP contribution is 2.26. The van der Waals surface area contributed by atoms with Crippen molar-refractivity contribution in [3.05, 3.63) is 60.4 Å². The number of ether oxygens (including phenoxy) is 2. The second-order valence-corrected chi connectivity index (χ2v) is 12.9. The van der Waals surface area contributed by atoms with E-state index in [9.17, 15) is 18.0 Å². The maximum atomic E-state index is 13.2. The van der Waals surface area contributed by atoms with Gasteiger partial charge >= 0.3 is 6.09 Å². The van der Waals surface area contributed by atoms with Crippen molar-refractivity contribution in [2.45, 2.75) is 44.1 Å². The van der Waals surface area contributed by atoms with E-state index >= 15 is 0 Å². The molecular weight excluding hydrogens is 560 g/mol. The molecule has 0 radical (unpaired) electrons. The Morgan fingerprint density at radius 1 is 1.05 bits per heavy atom. The fraction of sp³-hybridized carbons (Fsp3) is 0.379. The molecule has 42 heavy (non-hydrogen) atoms. The summed E-state index contributed by atoms with van der Waals surface area (Å²) in [5.41, 5.74) is 6.54. The van der Waals surface area contributed by atoms with Gasteiger partial charge in [-0.25, -0.2) is 27.5 Å². The van der Waals surface area contributed by atoms with Gasteiger partial charge in [0.05, 0.1) is 29.1 Å². The van der Waals surface area contributed by atoms with Gasteiger partial charge in [-0.15, -0.1) is 0 Å². The van der Waals surface area contributed by atoms with E-state index in [0.717, 1.165) is 0 Å². The third kappa shape index (κ3) is 7.53. The van der Waals surface area contributed by atoms with Gasteiger partial charge in [0.15, 0.2) is 11.5 Å². The number of para-hydroxylation sites is 2. The van der Waals surface area contributed by atoms with E-state index in [1.807, 2.05) is 0 Å². The first-order valence-corrected chi connectivity index (χ1v) is 15.0. The summed E-state index contributed by atoms with van der Waals surface area (Å²) in [6.07, 6.45) is 1.79. The van der Waals surface area contributed by atoms with Crippen molar-refractivity contribution < 1.29 is 27.5 Å². The average molecular weight is 597 g/mol. The lowest BCUT2D eigenvalue weighted by atomic mass is 10.1. The van der Waals surface area contributed by atoms with Crippen LogP contribution in [0.3, 0.4) is 0 Å². The van der Waals surface area contributed by atoms with Gasteiger partial charge in [0.25, 0.3) is 5.91 Å². The molecule has 3 aromatic rings. The van der Waals surface area contributed by atoms with Crippen LogP contribution in [0.4, 0.5) is 16.3 Å². The largest absolute Gasteiger partial charge is 0.491 e. The Balaban J connectivity index is 1.67. The molecule has 2 aliphatic rings. The molecular formula is C29H36N6O6S. The van der Waals surface area contributed by atoms with Crippen molar-refractivity contribution in [3.63, 3.8) is 0 Å². The summed E-state index contributed by atoms with van der Waals surface area (Å²) in [5, 5.41) is 2.79. The Morgan fingerprint density at radius 2 is 1.74 bits per heavy atom. The van der Waals surface area contributed by atoms with Crippen LogP contribution < -0.4 is 15.8 Å². The number of nitrogen functional groups attached to an aromatic ring is 1. The monoisotopic (exact) mass is 596 g/mol. The number of nitrogens with two attached hydrogens (primary N) is 1. The maximum absolute atomic E-state index is 13.2. The fourth-order valence-electron chi connectivity index (χ4n) is 4.22. The molecule has 4 bridgehead atoms. The lowest BCUT2D eigenvalue weighted by Crippen LogP contribution is -2.39. The van der Waals surface area contributed by atoms with Gasteiger partial charge in [-0.3, -0.25) is 4.79 Å². The van der Waals surface area contributed by atoms with Gasteiger partial charge in [0.2, 0.25) is 10.0 Å². The first kappa shape index (κ1) is 30.7. The summed E-state index contributed by atoms with van der Waals surface area (Å²) in [7, 11) is -2.30. The van der Waals surface area contributed by atoms with Crippen molar-refractivity contribution in [2.75, 3.05) is 44.3 Å². The Kier molecular flexibility index (Phi) is 9.32. The number of carbonyl (C=O) groups is 2. The molecule has 2 aliphatic heterocycles. The average Bonchev–Trinajstić information content (AvgIpc) is 2.93. The Bertz CT molecular complexity index is 1540. The van der Waals surface area contributed by atoms with Crippen molar-refractivity contribution in [1.82, 2.24) is 19.2 Å². The van der Waals surface area contributed by atoms with Gasteiger partial charge < -0.3 is 25.4 Å². The van der Waals surface area contributed by atoms with E-state index in [0.29, 0.717) is 42.1 Å². The number of hydrogen-bond donors (Lipinski definition) is 2. The minimum absolute atomic E-state index is 0.0592. The highest BCUT2D eigenvalue weighted by molar-refractivity contribution is 7.89. The maximum Gasteiger partial charge on any atom is 0.410 e. The van der Waals surface area contributed by atoms with Crippen LogP contribution in [0.15, 0.2) is 59.6 Å². The second-order valence-electron chi connectivity index (χ2n) is 10.8. The van der Waals surface area contributed by atoms with Crippen LogP contribution in [-0.4, -0.2) is 78.5 Å². The lowest BCUT2D eigenvalue weighted by molar-refractivity contribution is 0.0238. The second kappa shape index (κ2) is 12.7. The smallest absolute Gasteiger partial charge is 0.410 e. The molecule has 2 amide bonds. The van der Waals surface area contributed by atoms with Crippen LogP contribution in [0.2, 0.25) is 0 Å². The SMILES string of the molecule is CN1CCCN(C(=O)OC(C)(C)C)CCCOc2ccccc2NC(=O)c2nc(cnc2N)-c2ccc(cc2)S1(=O)=O. The predicted molar refractivity (Wildman–Crippen MR) is 159 cm³/mol. The van der Waals surface area contributed by atoms with Gasteiger partial charge in [-0.2, -0.15) is 0 Å². The predicted octanol–water partition coefficient (Wildman–Crippen LogP) is 4.01. The number of fused-ring (bicyclic) bond motifs is 12. The molecule has 12 nitrogen and oxygen atoms in total. The molecule has 0 atom stereocenters. The highest BCUT2D eigenvalue weighted by Gasteiger charge is 2.25. The third-order valence-corrected chi connectivity index (χ3v) is 8.26. The molecule has 1 aromatic heterocycles. The van der Waals surface area contributed by atoms with E-state index in [-0.39, 0.29) is 36.1 Å². The van der Waals surface area contributed by atoms with E-state index in [1.165, 1.54) is 29.7 Å². The van der Waals surface area contributed by atoms with Crippen LogP contribution in [0.1, 0.15) is 44.1 Å². The van der Waals surface area contributed by atoms with E-state index in [4.69, 9.17) is 15.2 Å². The van der Waals surface area contributed by atoms with Crippen LogP contribution >= 0.6 is 0 Å². The number of amides is 2. The summed E-state index contributed by atoms with van der Waals surface area (Å²) in [6.45, 7) is 6.40. The molecule has 3 heterocycles. The van der Waals surface area contributed by atoms with Crippen molar-refractivity contribution in [1.29, 1.82) is 0 Å². The summed E-state index contributed by atoms with van der Waals surface area (Å²) in [4.78, 5) is 36.3. The molecule has 0 aliphatic carbocycles. The minimum atomic E-state index is -3.80. The van der Waals surface area contributed by atoms with Gasteiger partial charge in [-0.1, -0.05) is 24.3 Å². The van der Waals surface area contributed by atoms with Crippen molar-refractivity contribution in [3.8, 4) is 17.0 Å². The standard InChI is InChI=1S/C29H36N6O6S/c1-29(2,3)41-28(37)35-16-7-15-34(4)42(38,39)21-13-11-20(12-14-21)23-19-31-26(30)25(32-23)27(36)33-22-9-5-6-10-24(22)40-18-8-17-35/h5-6,9-14,19H,7-8,15-18H2,1-4H3,(H2,30,31)(H,33,36). The van der Waals surface area contributed by atoms with E-state index in [2.05, 4.69) is 15.3 Å². The van der Waals surface area contributed by atoms with Crippen LogP contribution in [-0.2, 0) is 14.8 Å². The molecule has 3 N–H and O–H groups in total. The molecule has 0 fully saturated rings. The lowest BCUT2D eigenvalue weighted by Gasteiger charge is -2.28. The number of hydrogen-bond acceptors (Lipinski definition) is 9.